The number of aliphatic hydroxyl groups is 1. The van der Waals surface area contributed by atoms with Crippen molar-refractivity contribution < 1.29 is 5.11 Å². The zero-order valence-electron chi connectivity index (χ0n) is 11.7. The molecule has 0 saturated heterocycles. The molecule has 0 bridgehead atoms. The van der Waals surface area contributed by atoms with Gasteiger partial charge >= 0.3 is 0 Å². The van der Waals surface area contributed by atoms with E-state index in [9.17, 15) is 5.11 Å². The molecule has 1 N–H and O–H groups in total. The van der Waals surface area contributed by atoms with Gasteiger partial charge in [-0.2, -0.15) is 0 Å². The van der Waals surface area contributed by atoms with Gasteiger partial charge in [-0.25, -0.2) is 0 Å². The topological polar surface area (TPSA) is 20.2 Å². The largest absolute Gasteiger partial charge is 0.396 e. The lowest BCUT2D eigenvalue weighted by Gasteiger charge is -2.20. The van der Waals surface area contributed by atoms with Crippen LogP contribution in [0.1, 0.15) is 45.6 Å². The predicted octanol–water partition coefficient (Wildman–Crippen LogP) is 4.71. The third-order valence-electron chi connectivity index (χ3n) is 3.21. The summed E-state index contributed by atoms with van der Waals surface area (Å²) in [7, 11) is 0. The molecule has 0 spiro atoms. The van der Waals surface area contributed by atoms with E-state index in [1.807, 2.05) is 18.2 Å². The summed E-state index contributed by atoms with van der Waals surface area (Å²) in [4.78, 5) is 0. The van der Waals surface area contributed by atoms with E-state index in [1.165, 1.54) is 18.4 Å². The van der Waals surface area contributed by atoms with Crippen molar-refractivity contribution in [3.05, 3.63) is 34.9 Å². The number of halogens is 1. The van der Waals surface area contributed by atoms with Crippen molar-refractivity contribution >= 4 is 11.6 Å². The molecule has 102 valence electrons. The molecule has 2 heteroatoms. The first-order valence-electron chi connectivity index (χ1n) is 6.76. The number of benzene rings is 1. The van der Waals surface area contributed by atoms with Crippen LogP contribution < -0.4 is 0 Å². The Bertz CT molecular complexity index is 354. The highest BCUT2D eigenvalue weighted by Gasteiger charge is 2.13. The maximum absolute atomic E-state index is 9.45. The molecule has 1 nitrogen and oxygen atoms in total. The quantitative estimate of drug-likeness (QED) is 0.792. The summed E-state index contributed by atoms with van der Waals surface area (Å²) >= 11 is 5.97. The van der Waals surface area contributed by atoms with Crippen LogP contribution in [-0.2, 0) is 6.42 Å². The molecule has 1 rings (SSSR count). The Morgan fingerprint density at radius 2 is 2.00 bits per heavy atom. The van der Waals surface area contributed by atoms with Crippen LogP contribution in [0.5, 0.6) is 0 Å². The van der Waals surface area contributed by atoms with Gasteiger partial charge in [-0.05, 0) is 48.3 Å². The Morgan fingerprint density at radius 3 is 2.56 bits per heavy atom. The summed E-state index contributed by atoms with van der Waals surface area (Å²) in [5.41, 5.74) is 1.60. The van der Waals surface area contributed by atoms with E-state index in [2.05, 4.69) is 26.8 Å². The molecule has 1 aromatic rings. The molecule has 0 saturated carbocycles. The van der Waals surface area contributed by atoms with Gasteiger partial charge in [0.25, 0.3) is 0 Å². The first-order valence-corrected chi connectivity index (χ1v) is 7.14. The van der Waals surface area contributed by atoms with Crippen LogP contribution in [0.3, 0.4) is 0 Å². The summed E-state index contributed by atoms with van der Waals surface area (Å²) < 4.78 is 0. The van der Waals surface area contributed by atoms with E-state index < -0.39 is 0 Å². The van der Waals surface area contributed by atoms with Crippen molar-refractivity contribution in [2.45, 2.75) is 46.5 Å². The molecular weight excluding hydrogens is 244 g/mol. The Kier molecular flexibility index (Phi) is 6.17. The van der Waals surface area contributed by atoms with Gasteiger partial charge in [0.05, 0.1) is 0 Å². The van der Waals surface area contributed by atoms with Gasteiger partial charge in [0.2, 0.25) is 0 Å². The molecular formula is C16H25ClO. The average molecular weight is 269 g/mol. The van der Waals surface area contributed by atoms with Crippen LogP contribution in [-0.4, -0.2) is 11.7 Å². The van der Waals surface area contributed by atoms with Gasteiger partial charge in [-0.15, -0.1) is 0 Å². The standard InChI is InChI=1S/C16H25ClO/c1-16(2,3)9-5-7-14(12-18)10-13-6-4-8-15(17)11-13/h4,6,8,11,14,18H,5,7,9-10,12H2,1-3H3. The lowest BCUT2D eigenvalue weighted by atomic mass is 9.86. The zero-order valence-corrected chi connectivity index (χ0v) is 12.5. The molecule has 0 aliphatic rings. The van der Waals surface area contributed by atoms with Crippen molar-refractivity contribution in [3.63, 3.8) is 0 Å². The normalized spacial score (nSPS) is 13.6. The predicted molar refractivity (Wildman–Crippen MR) is 79.0 cm³/mol. The minimum Gasteiger partial charge on any atom is -0.396 e. The van der Waals surface area contributed by atoms with Gasteiger partial charge in [0.15, 0.2) is 0 Å². The third kappa shape index (κ3) is 6.42. The molecule has 0 radical (unpaired) electrons. The van der Waals surface area contributed by atoms with Gasteiger partial charge < -0.3 is 5.11 Å². The number of hydrogen-bond donors (Lipinski definition) is 1. The van der Waals surface area contributed by atoms with Crippen LogP contribution in [0.4, 0.5) is 0 Å². The maximum atomic E-state index is 9.45. The second kappa shape index (κ2) is 7.16. The van der Waals surface area contributed by atoms with E-state index >= 15 is 0 Å². The molecule has 1 atom stereocenters. The Hall–Kier alpha value is -0.530. The molecule has 0 aliphatic heterocycles. The molecule has 18 heavy (non-hydrogen) atoms. The Morgan fingerprint density at radius 1 is 1.28 bits per heavy atom. The third-order valence-corrected chi connectivity index (χ3v) is 3.45. The molecule has 0 heterocycles. The Balaban J connectivity index is 2.42. The van der Waals surface area contributed by atoms with Crippen molar-refractivity contribution in [2.75, 3.05) is 6.61 Å². The highest BCUT2D eigenvalue weighted by Crippen LogP contribution is 2.24. The summed E-state index contributed by atoms with van der Waals surface area (Å²) in [5, 5.41) is 10.2. The monoisotopic (exact) mass is 268 g/mol. The average Bonchev–Trinajstić information content (AvgIpc) is 2.26. The summed E-state index contributed by atoms with van der Waals surface area (Å²) in [5.74, 6) is 0.353. The molecule has 0 aromatic heterocycles. The summed E-state index contributed by atoms with van der Waals surface area (Å²) in [6.07, 6.45) is 4.38. The van der Waals surface area contributed by atoms with E-state index in [1.54, 1.807) is 0 Å². The second-order valence-corrected chi connectivity index (χ2v) is 6.77. The highest BCUT2D eigenvalue weighted by molar-refractivity contribution is 6.30. The van der Waals surface area contributed by atoms with Gasteiger partial charge in [-0.1, -0.05) is 50.9 Å². The van der Waals surface area contributed by atoms with Gasteiger partial charge in [-0.3, -0.25) is 0 Å². The molecule has 1 aromatic carbocycles. The molecule has 1 unspecified atom stereocenters. The minimum atomic E-state index is 0.261. The Labute approximate surface area is 116 Å². The van der Waals surface area contributed by atoms with Crippen molar-refractivity contribution in [2.24, 2.45) is 11.3 Å². The fourth-order valence-corrected chi connectivity index (χ4v) is 2.39. The van der Waals surface area contributed by atoms with E-state index in [0.717, 1.165) is 17.9 Å². The lowest BCUT2D eigenvalue weighted by molar-refractivity contribution is 0.209. The second-order valence-electron chi connectivity index (χ2n) is 6.34. The van der Waals surface area contributed by atoms with Crippen molar-refractivity contribution in [1.82, 2.24) is 0 Å². The SMILES string of the molecule is CC(C)(C)CCCC(CO)Cc1cccc(Cl)c1. The number of aliphatic hydroxyl groups excluding tert-OH is 1. The van der Waals surface area contributed by atoms with Crippen molar-refractivity contribution in [1.29, 1.82) is 0 Å². The van der Waals surface area contributed by atoms with Crippen LogP contribution in [0, 0.1) is 11.3 Å². The minimum absolute atomic E-state index is 0.261. The van der Waals surface area contributed by atoms with Gasteiger partial charge in [0, 0.05) is 11.6 Å². The first-order chi connectivity index (χ1) is 8.40. The molecule has 0 amide bonds. The van der Waals surface area contributed by atoms with Crippen molar-refractivity contribution in [3.8, 4) is 0 Å². The summed E-state index contributed by atoms with van der Waals surface area (Å²) in [6.45, 7) is 7.05. The number of hydrogen-bond acceptors (Lipinski definition) is 1. The fraction of sp³-hybridized carbons (Fsp3) is 0.625. The maximum Gasteiger partial charge on any atom is 0.0462 e. The van der Waals surface area contributed by atoms with E-state index in [0.29, 0.717) is 11.3 Å². The van der Waals surface area contributed by atoms with Gasteiger partial charge in [0.1, 0.15) is 0 Å². The van der Waals surface area contributed by atoms with Crippen LogP contribution in [0.25, 0.3) is 0 Å². The summed E-state index contributed by atoms with van der Waals surface area (Å²) in [6, 6.07) is 7.94. The molecule has 0 fully saturated rings. The molecule has 0 aliphatic carbocycles. The first kappa shape index (κ1) is 15.5. The van der Waals surface area contributed by atoms with E-state index in [4.69, 9.17) is 11.6 Å². The highest BCUT2D eigenvalue weighted by atomic mass is 35.5. The smallest absolute Gasteiger partial charge is 0.0462 e. The fourth-order valence-electron chi connectivity index (χ4n) is 2.18. The van der Waals surface area contributed by atoms with Crippen LogP contribution >= 0.6 is 11.6 Å². The van der Waals surface area contributed by atoms with Crippen LogP contribution in [0.15, 0.2) is 24.3 Å². The zero-order chi connectivity index (χ0) is 13.6. The number of rotatable bonds is 6. The van der Waals surface area contributed by atoms with E-state index in [-0.39, 0.29) is 6.61 Å². The van der Waals surface area contributed by atoms with Crippen LogP contribution in [0.2, 0.25) is 5.02 Å². The lowest BCUT2D eigenvalue weighted by Crippen LogP contribution is -2.12.